The Kier molecular flexibility index (Phi) is 44.9. The molecule has 0 saturated heterocycles. The van der Waals surface area contributed by atoms with Gasteiger partial charge in [-0.1, -0.05) is 66.5 Å². The average Bonchev–Trinajstić information content (AvgIpc) is 2.86. The molecule has 1 aromatic rings. The first-order chi connectivity index (χ1) is 22.0. The first kappa shape index (κ1) is 63.2. The number of Topliss-reactive ketones (excluding diaryl/α,β-unsaturated/α-hetero) is 6. The molecule has 13 heteroatoms. The van der Waals surface area contributed by atoms with Gasteiger partial charge in [-0.25, -0.2) is 0 Å². The van der Waals surface area contributed by atoms with Crippen LogP contribution >= 0.6 is 0 Å². The lowest BCUT2D eigenvalue weighted by Crippen LogP contribution is -2.30. The van der Waals surface area contributed by atoms with Crippen molar-refractivity contribution in [2.24, 2.45) is 11.8 Å². The van der Waals surface area contributed by atoms with Crippen molar-refractivity contribution in [1.29, 1.82) is 0 Å². The van der Waals surface area contributed by atoms with Crippen LogP contribution in [0.15, 0.2) is 30.3 Å². The van der Waals surface area contributed by atoms with Gasteiger partial charge in [0, 0.05) is 54.8 Å². The third-order valence-corrected chi connectivity index (χ3v) is 6.10. The number of hydrogen-bond donors (Lipinski definition) is 4. The molecular formula is C39H71BNO11. The normalized spacial score (nSPS) is 11.0. The molecule has 0 fully saturated rings. The fourth-order valence-electron chi connectivity index (χ4n) is 4.39. The summed E-state index contributed by atoms with van der Waals surface area (Å²) in [6.07, 6.45) is -0.0332. The Morgan fingerprint density at radius 2 is 0.827 bits per heavy atom. The van der Waals surface area contributed by atoms with Gasteiger partial charge in [-0.3, -0.25) is 24.0 Å². The maximum Gasteiger partial charge on any atom is 0.303 e. The van der Waals surface area contributed by atoms with Crippen molar-refractivity contribution < 1.29 is 55.1 Å². The number of ketones is 6. The lowest BCUT2D eigenvalue weighted by molar-refractivity contribution is -0.138. The predicted octanol–water partition coefficient (Wildman–Crippen LogP) is 6.33. The zero-order valence-electron chi connectivity index (χ0n) is 30.6. The summed E-state index contributed by atoms with van der Waals surface area (Å²) in [7, 11) is 0. The second-order valence-corrected chi connectivity index (χ2v) is 12.5. The molecule has 12 nitrogen and oxygen atoms in total. The molecule has 0 bridgehead atoms. The molecule has 0 aliphatic heterocycles. The summed E-state index contributed by atoms with van der Waals surface area (Å²) in [5, 5.41) is 29.5. The maximum atomic E-state index is 11.6. The number of amides is 1. The monoisotopic (exact) mass is 742 g/mol. The van der Waals surface area contributed by atoms with E-state index >= 15 is 0 Å². The summed E-state index contributed by atoms with van der Waals surface area (Å²) < 4.78 is 0. The summed E-state index contributed by atoms with van der Waals surface area (Å²) in [6, 6.07) is 9.47. The summed E-state index contributed by atoms with van der Waals surface area (Å²) in [5.41, 5.74) is 1.01. The minimum atomic E-state index is -0.898. The molecule has 1 amide bonds. The van der Waals surface area contributed by atoms with Crippen molar-refractivity contribution in [3.63, 3.8) is 0 Å². The number of carbonyl (C=O) groups excluding carboxylic acids is 7. The third kappa shape index (κ3) is 48.3. The topological polar surface area (TPSA) is 209 Å². The number of benzene rings is 1. The zero-order chi connectivity index (χ0) is 38.0. The lowest BCUT2D eigenvalue weighted by Gasteiger charge is -2.15. The quantitative estimate of drug-likeness (QED) is 0.122. The van der Waals surface area contributed by atoms with Crippen LogP contribution in [0.2, 0.25) is 0 Å². The predicted molar refractivity (Wildman–Crippen MR) is 210 cm³/mol. The van der Waals surface area contributed by atoms with Crippen molar-refractivity contribution in [3.8, 4) is 0 Å². The molecule has 0 aliphatic carbocycles. The van der Waals surface area contributed by atoms with Crippen molar-refractivity contribution >= 4 is 55.0 Å². The van der Waals surface area contributed by atoms with Gasteiger partial charge in [0.25, 0.3) is 0 Å². The molecular weight excluding hydrogens is 669 g/mol. The minimum absolute atomic E-state index is 0. The van der Waals surface area contributed by atoms with Crippen LogP contribution in [0.3, 0.4) is 0 Å². The van der Waals surface area contributed by atoms with Crippen LogP contribution in [-0.4, -0.2) is 82.5 Å². The van der Waals surface area contributed by atoms with Crippen LogP contribution in [-0.2, 0) is 38.4 Å². The smallest absolute Gasteiger partial charge is 0.303 e. The van der Waals surface area contributed by atoms with Gasteiger partial charge in [-0.05, 0) is 65.9 Å². The van der Waals surface area contributed by atoms with Crippen LogP contribution in [0.4, 0.5) is 0 Å². The second-order valence-electron chi connectivity index (χ2n) is 12.5. The van der Waals surface area contributed by atoms with E-state index in [1.165, 1.54) is 27.7 Å². The van der Waals surface area contributed by atoms with Crippen molar-refractivity contribution in [2.45, 2.75) is 154 Å². The van der Waals surface area contributed by atoms with Gasteiger partial charge in [0.05, 0.1) is 24.7 Å². The van der Waals surface area contributed by atoms with Crippen molar-refractivity contribution in [1.82, 2.24) is 5.32 Å². The number of carboxylic acid groups (broad SMARTS) is 1. The Morgan fingerprint density at radius 1 is 0.538 bits per heavy atom. The standard InChI is InChI=1S/C14H19NO3.C8H14O2.2C7H12O3.3CH4.B.H2/c1-10(16)8-13(17)9-14(18)15-11(2)12-6-4-3-5-7-12;1-6(4-7(2)9)5-8(3)10;1-5(8)3-7(10)4-6(2)9;1-5(3-6(2)8)4-7(9)10;;;;;/h3-7,11,13,17H,8-9H2,1-2H3,(H,15,18);6H,4-5H2,1-3H3;7,10H,3-4H2,1-2H3;5H,3-4H2,1-2H3,(H,9,10);3*1H4;;1H/t11?,13-;;;5-;;;;;/m0..0...../s1/i;;;;;;;;1+1. The number of carbonyl (C=O) groups is 8. The van der Waals surface area contributed by atoms with E-state index in [9.17, 15) is 43.5 Å². The van der Waals surface area contributed by atoms with Gasteiger partial charge < -0.3 is 35.0 Å². The molecule has 0 aliphatic rings. The molecule has 301 valence electrons. The zero-order valence-corrected chi connectivity index (χ0v) is 30.6. The van der Waals surface area contributed by atoms with Gasteiger partial charge in [0.15, 0.2) is 0 Å². The third-order valence-electron chi connectivity index (χ3n) is 6.10. The van der Waals surface area contributed by atoms with Crippen LogP contribution in [0.5, 0.6) is 0 Å². The molecule has 0 aromatic heterocycles. The highest BCUT2D eigenvalue weighted by molar-refractivity contribution is 5.81. The van der Waals surface area contributed by atoms with Gasteiger partial charge >= 0.3 is 5.97 Å². The number of hydrogen-bond acceptors (Lipinski definition) is 10. The van der Waals surface area contributed by atoms with E-state index in [4.69, 9.17) is 10.2 Å². The van der Waals surface area contributed by atoms with Gasteiger partial charge in [0.2, 0.25) is 5.91 Å². The fraction of sp³-hybridized carbons (Fsp3) is 0.641. The average molecular weight is 742 g/mol. The van der Waals surface area contributed by atoms with Crippen LogP contribution in [0, 0.1) is 11.8 Å². The lowest BCUT2D eigenvalue weighted by atomic mass is 10.00. The van der Waals surface area contributed by atoms with Crippen LogP contribution < -0.4 is 5.32 Å². The number of nitrogens with one attached hydrogen (secondary N) is 1. The minimum Gasteiger partial charge on any atom is -0.481 e. The second kappa shape index (κ2) is 36.9. The molecule has 0 spiro atoms. The number of aliphatic hydroxyl groups is 2. The highest BCUT2D eigenvalue weighted by Crippen LogP contribution is 2.12. The molecule has 1 unspecified atom stereocenters. The fourth-order valence-corrected chi connectivity index (χ4v) is 4.39. The number of rotatable bonds is 18. The Balaban J connectivity index is -0.0000000857. The maximum absolute atomic E-state index is 11.6. The first-order valence-corrected chi connectivity index (χ1v) is 15.9. The molecule has 1 rings (SSSR count). The first-order valence-electron chi connectivity index (χ1n) is 15.9. The van der Waals surface area contributed by atoms with Crippen LogP contribution in [0.25, 0.3) is 0 Å². The Hall–Kier alpha value is -3.84. The van der Waals surface area contributed by atoms with Gasteiger partial charge in [0.1, 0.15) is 34.7 Å². The summed E-state index contributed by atoms with van der Waals surface area (Å²) in [5.74, 6) is -0.830. The van der Waals surface area contributed by atoms with Gasteiger partial charge in [-0.15, -0.1) is 0 Å². The molecule has 3 radical (unpaired) electrons. The summed E-state index contributed by atoms with van der Waals surface area (Å²) in [6.45, 7) is 14.3. The number of aliphatic hydroxyl groups excluding tert-OH is 2. The van der Waals surface area contributed by atoms with E-state index in [0.717, 1.165) is 5.56 Å². The summed E-state index contributed by atoms with van der Waals surface area (Å²) >= 11 is 0. The number of carboxylic acids is 1. The van der Waals surface area contributed by atoms with E-state index in [1.54, 1.807) is 20.8 Å². The highest BCUT2D eigenvalue weighted by atomic mass is 16.4. The van der Waals surface area contributed by atoms with E-state index < -0.39 is 18.2 Å². The molecule has 0 saturated carbocycles. The SMILES string of the molecule is C.C.C.CC(=O)CC(C)CC(C)=O.CC(=O)CC(O)CC(C)=O.CC(=O)C[C@H](C)CC(=O)O.CC(=O)C[C@H](O)CC(=O)NC(C)c1ccccc1.[2HH].[B]. The Bertz CT molecular complexity index is 1050. The van der Waals surface area contributed by atoms with E-state index in [1.807, 2.05) is 44.2 Å². The molecule has 52 heavy (non-hydrogen) atoms. The van der Waals surface area contributed by atoms with Gasteiger partial charge in [-0.2, -0.15) is 0 Å². The van der Waals surface area contributed by atoms with Crippen LogP contribution in [0.1, 0.15) is 149 Å². The van der Waals surface area contributed by atoms with Crippen molar-refractivity contribution in [2.75, 3.05) is 0 Å². The van der Waals surface area contributed by atoms with E-state index in [0.29, 0.717) is 19.3 Å². The Morgan fingerprint density at radius 3 is 1.12 bits per heavy atom. The van der Waals surface area contributed by atoms with Crippen molar-refractivity contribution in [3.05, 3.63) is 35.9 Å². The van der Waals surface area contributed by atoms with E-state index in [2.05, 4.69) is 5.32 Å². The van der Waals surface area contributed by atoms with E-state index in [-0.39, 0.29) is 123 Å². The number of aliphatic carboxylic acids is 1. The molecule has 4 N–H and O–H groups in total. The molecule has 0 heterocycles. The highest BCUT2D eigenvalue weighted by Gasteiger charge is 2.15. The summed E-state index contributed by atoms with van der Waals surface area (Å²) in [4.78, 5) is 84.7. The molecule has 3 atom stereocenters. The molecule has 1 aromatic carbocycles. The largest absolute Gasteiger partial charge is 0.481 e. The Labute approximate surface area is 317 Å².